The molecule has 2 aromatic carbocycles. The summed E-state index contributed by atoms with van der Waals surface area (Å²) in [5.41, 5.74) is 3.33. The molecule has 0 aliphatic carbocycles. The number of hydrogen-bond donors (Lipinski definition) is 0. The average Bonchev–Trinajstić information content (AvgIpc) is 3.28. The molecule has 1 amide bonds. The molecule has 176 valence electrons. The highest BCUT2D eigenvalue weighted by atomic mass is 32.1. The Bertz CT molecular complexity index is 1730. The Morgan fingerprint density at radius 3 is 2.46 bits per heavy atom. The van der Waals surface area contributed by atoms with Gasteiger partial charge in [-0.15, -0.1) is 0 Å². The Kier molecular flexibility index (Phi) is 5.56. The first kappa shape index (κ1) is 22.7. The number of hydrogen-bond acceptors (Lipinski definition) is 6. The molecule has 5 rings (SSSR count). The number of carbonyl (C=O) groups excluding carboxylic acids is 1. The maximum atomic E-state index is 13.8. The topological polar surface area (TPSA) is 90.1 Å². The van der Waals surface area contributed by atoms with E-state index in [4.69, 9.17) is 4.98 Å². The summed E-state index contributed by atoms with van der Waals surface area (Å²) < 4.78 is 3.33. The van der Waals surface area contributed by atoms with E-state index in [1.165, 1.54) is 36.1 Å². The highest BCUT2D eigenvalue weighted by molar-refractivity contribution is 7.22. The van der Waals surface area contributed by atoms with E-state index in [0.717, 1.165) is 31.5 Å². The number of rotatable bonds is 4. The molecule has 35 heavy (non-hydrogen) atoms. The Morgan fingerprint density at radius 2 is 1.71 bits per heavy atom. The summed E-state index contributed by atoms with van der Waals surface area (Å²) in [6.07, 6.45) is 0. The fraction of sp³-hybridized carbons (Fsp3) is 0.192. The van der Waals surface area contributed by atoms with E-state index in [2.05, 4.69) is 11.1 Å². The molecule has 8 nitrogen and oxygen atoms in total. The fourth-order valence-corrected chi connectivity index (χ4v) is 5.20. The number of fused-ring (bicyclic) bond motifs is 2. The molecule has 3 heterocycles. The third-order valence-corrected chi connectivity index (χ3v) is 7.22. The van der Waals surface area contributed by atoms with E-state index in [1.54, 1.807) is 11.0 Å². The lowest BCUT2D eigenvalue weighted by molar-refractivity contribution is 0.0980. The Hall–Kier alpha value is -4.11. The van der Waals surface area contributed by atoms with Gasteiger partial charge in [-0.3, -0.25) is 23.6 Å². The largest absolute Gasteiger partial charge is 0.332 e. The van der Waals surface area contributed by atoms with Crippen molar-refractivity contribution in [3.63, 3.8) is 0 Å². The zero-order valence-corrected chi connectivity index (χ0v) is 20.6. The van der Waals surface area contributed by atoms with Crippen LogP contribution in [-0.4, -0.2) is 25.0 Å². The third kappa shape index (κ3) is 3.93. The lowest BCUT2D eigenvalue weighted by Gasteiger charge is -2.20. The van der Waals surface area contributed by atoms with Gasteiger partial charge in [0.1, 0.15) is 11.3 Å². The van der Waals surface area contributed by atoms with Crippen molar-refractivity contribution in [1.29, 1.82) is 0 Å². The molecule has 0 N–H and O–H groups in total. The van der Waals surface area contributed by atoms with Gasteiger partial charge in [0, 0.05) is 14.1 Å². The molecule has 0 radical (unpaired) electrons. The van der Waals surface area contributed by atoms with Gasteiger partial charge in [0.2, 0.25) is 0 Å². The minimum absolute atomic E-state index is 0.129. The minimum atomic E-state index is -0.502. The van der Waals surface area contributed by atoms with Crippen LogP contribution < -0.4 is 16.1 Å². The van der Waals surface area contributed by atoms with Gasteiger partial charge in [-0.25, -0.2) is 14.8 Å². The standard InChI is InChI=1S/C26H23N5O3S/c1-15-12-16(2)21-20(13-15)28-25(35-21)31(14-17-8-6-5-7-9-17)24(33)19-11-10-18-22(27-19)29(3)26(34)30(4)23(18)32/h5-13H,14H2,1-4H3. The summed E-state index contributed by atoms with van der Waals surface area (Å²) in [5, 5.41) is 0.828. The molecular formula is C26H23N5O3S. The lowest BCUT2D eigenvalue weighted by atomic mass is 10.1. The quantitative estimate of drug-likeness (QED) is 0.387. The zero-order chi connectivity index (χ0) is 24.9. The molecule has 0 saturated heterocycles. The van der Waals surface area contributed by atoms with Crippen LogP contribution in [0.2, 0.25) is 0 Å². The van der Waals surface area contributed by atoms with Gasteiger partial charge in [-0.2, -0.15) is 0 Å². The van der Waals surface area contributed by atoms with Gasteiger partial charge in [-0.1, -0.05) is 47.7 Å². The van der Waals surface area contributed by atoms with Crippen molar-refractivity contribution in [2.75, 3.05) is 4.90 Å². The van der Waals surface area contributed by atoms with Crippen LogP contribution in [0.5, 0.6) is 0 Å². The van der Waals surface area contributed by atoms with Gasteiger partial charge in [0.15, 0.2) is 5.13 Å². The molecular weight excluding hydrogens is 462 g/mol. The summed E-state index contributed by atoms with van der Waals surface area (Å²) in [6, 6.07) is 16.8. The van der Waals surface area contributed by atoms with Gasteiger partial charge in [0.25, 0.3) is 11.5 Å². The zero-order valence-electron chi connectivity index (χ0n) is 19.8. The number of pyridine rings is 1. The van der Waals surface area contributed by atoms with Gasteiger partial charge < -0.3 is 0 Å². The number of aryl methyl sites for hydroxylation is 3. The van der Waals surface area contributed by atoms with Crippen molar-refractivity contribution < 1.29 is 4.79 Å². The summed E-state index contributed by atoms with van der Waals surface area (Å²) in [5.74, 6) is -0.364. The lowest BCUT2D eigenvalue weighted by Crippen LogP contribution is -2.38. The highest BCUT2D eigenvalue weighted by Crippen LogP contribution is 2.33. The number of carbonyl (C=O) groups is 1. The van der Waals surface area contributed by atoms with E-state index >= 15 is 0 Å². The summed E-state index contributed by atoms with van der Waals surface area (Å²) in [6.45, 7) is 4.35. The average molecular weight is 486 g/mol. The first-order chi connectivity index (χ1) is 16.7. The summed E-state index contributed by atoms with van der Waals surface area (Å²) >= 11 is 1.45. The van der Waals surface area contributed by atoms with Crippen molar-refractivity contribution in [2.45, 2.75) is 20.4 Å². The molecule has 0 atom stereocenters. The summed E-state index contributed by atoms with van der Waals surface area (Å²) in [4.78, 5) is 49.6. The van der Waals surface area contributed by atoms with Crippen molar-refractivity contribution in [3.05, 3.63) is 97.8 Å². The summed E-state index contributed by atoms with van der Waals surface area (Å²) in [7, 11) is 2.95. The van der Waals surface area contributed by atoms with Crippen LogP contribution in [0.1, 0.15) is 27.2 Å². The minimum Gasteiger partial charge on any atom is -0.280 e. The fourth-order valence-electron chi connectivity index (χ4n) is 4.18. The molecule has 0 aliphatic rings. The maximum Gasteiger partial charge on any atom is 0.332 e. The number of anilines is 1. The van der Waals surface area contributed by atoms with E-state index in [0.29, 0.717) is 11.7 Å². The second-order valence-corrected chi connectivity index (χ2v) is 9.55. The number of thiazole rings is 1. The predicted molar refractivity (Wildman–Crippen MR) is 138 cm³/mol. The number of benzene rings is 2. The molecule has 0 aliphatic heterocycles. The molecule has 9 heteroatoms. The van der Waals surface area contributed by atoms with Crippen molar-refractivity contribution in [1.82, 2.24) is 19.1 Å². The third-order valence-electron chi connectivity index (χ3n) is 5.99. The molecule has 3 aromatic heterocycles. The van der Waals surface area contributed by atoms with Gasteiger partial charge >= 0.3 is 5.69 Å². The second-order valence-electron chi connectivity index (χ2n) is 8.58. The normalized spacial score (nSPS) is 11.3. The molecule has 5 aromatic rings. The number of amides is 1. The first-order valence-electron chi connectivity index (χ1n) is 11.0. The molecule has 0 saturated carbocycles. The Labute approximate surface area is 204 Å². The van der Waals surface area contributed by atoms with Crippen LogP contribution in [0.3, 0.4) is 0 Å². The monoisotopic (exact) mass is 485 g/mol. The van der Waals surface area contributed by atoms with Crippen molar-refractivity contribution in [2.24, 2.45) is 14.1 Å². The smallest absolute Gasteiger partial charge is 0.280 e. The predicted octanol–water partition coefficient (Wildman–Crippen LogP) is 3.71. The van der Waals surface area contributed by atoms with Crippen LogP contribution in [-0.2, 0) is 20.6 Å². The number of nitrogens with zero attached hydrogens (tertiary/aromatic N) is 5. The van der Waals surface area contributed by atoms with E-state index < -0.39 is 11.2 Å². The van der Waals surface area contributed by atoms with Crippen LogP contribution in [0.25, 0.3) is 21.3 Å². The van der Waals surface area contributed by atoms with E-state index in [9.17, 15) is 14.4 Å². The van der Waals surface area contributed by atoms with Crippen LogP contribution in [0, 0.1) is 13.8 Å². The van der Waals surface area contributed by atoms with Gasteiger partial charge in [-0.05, 0) is 48.7 Å². The number of aromatic nitrogens is 4. The maximum absolute atomic E-state index is 13.8. The van der Waals surface area contributed by atoms with Crippen LogP contribution in [0.15, 0.2) is 64.2 Å². The second kappa shape index (κ2) is 8.59. The van der Waals surface area contributed by atoms with Crippen molar-refractivity contribution in [3.8, 4) is 0 Å². The first-order valence-corrected chi connectivity index (χ1v) is 11.9. The van der Waals surface area contributed by atoms with Crippen molar-refractivity contribution >= 4 is 43.6 Å². The van der Waals surface area contributed by atoms with Gasteiger partial charge in [0.05, 0.1) is 22.1 Å². The van der Waals surface area contributed by atoms with Crippen LogP contribution in [0.4, 0.5) is 5.13 Å². The van der Waals surface area contributed by atoms with E-state index in [1.807, 2.05) is 50.2 Å². The molecule has 0 spiro atoms. The molecule has 0 bridgehead atoms. The molecule has 0 unspecified atom stereocenters. The van der Waals surface area contributed by atoms with E-state index in [-0.39, 0.29) is 22.6 Å². The van der Waals surface area contributed by atoms with Crippen LogP contribution >= 0.6 is 11.3 Å². The molecule has 0 fully saturated rings. The Morgan fingerprint density at radius 1 is 0.971 bits per heavy atom. The highest BCUT2D eigenvalue weighted by Gasteiger charge is 2.24. The SMILES string of the molecule is Cc1cc(C)c2sc(N(Cc3ccccc3)C(=O)c3ccc4c(=O)n(C)c(=O)n(C)c4n3)nc2c1. The Balaban J connectivity index is 1.66.